The molecule has 0 aromatic carbocycles. The van der Waals surface area contributed by atoms with E-state index >= 15 is 0 Å². The van der Waals surface area contributed by atoms with E-state index in [0.29, 0.717) is 0 Å². The van der Waals surface area contributed by atoms with Crippen LogP contribution in [0.4, 0.5) is 0 Å². The van der Waals surface area contributed by atoms with Gasteiger partial charge in [0.1, 0.15) is 12.4 Å². The standard InChI is InChI=1S/C10H17N3O/c1-2-6-13-8-11-12-10(13)9-5-3-4-7-14-9/h8-9H,2-7H2,1H3. The van der Waals surface area contributed by atoms with Gasteiger partial charge >= 0.3 is 0 Å². The average Bonchev–Trinajstić information content (AvgIpc) is 2.68. The summed E-state index contributed by atoms with van der Waals surface area (Å²) in [6.07, 6.45) is 6.59. The molecule has 1 saturated heterocycles. The molecule has 1 aliphatic heterocycles. The van der Waals surface area contributed by atoms with Crippen LogP contribution >= 0.6 is 0 Å². The van der Waals surface area contributed by atoms with E-state index in [1.165, 1.54) is 12.8 Å². The van der Waals surface area contributed by atoms with Crippen molar-refractivity contribution in [2.24, 2.45) is 0 Å². The van der Waals surface area contributed by atoms with Crippen LogP contribution in [-0.4, -0.2) is 21.4 Å². The van der Waals surface area contributed by atoms with Crippen LogP contribution in [0, 0.1) is 0 Å². The van der Waals surface area contributed by atoms with Gasteiger partial charge in [-0.25, -0.2) is 0 Å². The SMILES string of the molecule is CCCn1cnnc1C1CCCCO1. The van der Waals surface area contributed by atoms with Gasteiger partial charge in [0.05, 0.1) is 0 Å². The highest BCUT2D eigenvalue weighted by atomic mass is 16.5. The molecule has 78 valence electrons. The van der Waals surface area contributed by atoms with Crippen molar-refractivity contribution in [3.63, 3.8) is 0 Å². The van der Waals surface area contributed by atoms with Gasteiger partial charge in [0.2, 0.25) is 0 Å². The van der Waals surface area contributed by atoms with Gasteiger partial charge in [-0.3, -0.25) is 0 Å². The lowest BCUT2D eigenvalue weighted by Gasteiger charge is -2.22. The zero-order chi connectivity index (χ0) is 9.80. The summed E-state index contributed by atoms with van der Waals surface area (Å²) in [5.41, 5.74) is 0. The second kappa shape index (κ2) is 4.55. The lowest BCUT2D eigenvalue weighted by molar-refractivity contribution is 0.00710. The second-order valence-electron chi connectivity index (χ2n) is 3.74. The van der Waals surface area contributed by atoms with Gasteiger partial charge in [-0.05, 0) is 25.7 Å². The molecule has 0 spiro atoms. The normalized spacial score (nSPS) is 22.5. The molecular formula is C10H17N3O. The summed E-state index contributed by atoms with van der Waals surface area (Å²) >= 11 is 0. The molecule has 1 aromatic rings. The van der Waals surface area contributed by atoms with Crippen molar-refractivity contribution in [2.75, 3.05) is 6.61 Å². The predicted octanol–water partition coefficient (Wildman–Crippen LogP) is 1.93. The highest BCUT2D eigenvalue weighted by Crippen LogP contribution is 2.26. The number of nitrogens with zero attached hydrogens (tertiary/aromatic N) is 3. The Balaban J connectivity index is 2.09. The van der Waals surface area contributed by atoms with E-state index in [9.17, 15) is 0 Å². The number of hydrogen-bond donors (Lipinski definition) is 0. The molecule has 4 heteroatoms. The summed E-state index contributed by atoms with van der Waals surface area (Å²) in [4.78, 5) is 0. The quantitative estimate of drug-likeness (QED) is 0.739. The lowest BCUT2D eigenvalue weighted by atomic mass is 10.1. The van der Waals surface area contributed by atoms with Gasteiger partial charge in [0, 0.05) is 13.2 Å². The van der Waals surface area contributed by atoms with Gasteiger partial charge < -0.3 is 9.30 Å². The van der Waals surface area contributed by atoms with Crippen molar-refractivity contribution in [1.29, 1.82) is 0 Å². The summed E-state index contributed by atoms with van der Waals surface area (Å²) in [7, 11) is 0. The third kappa shape index (κ3) is 1.95. The van der Waals surface area contributed by atoms with Gasteiger partial charge in [-0.1, -0.05) is 6.92 Å². The molecule has 1 atom stereocenters. The molecule has 0 N–H and O–H groups in total. The fourth-order valence-corrected chi connectivity index (χ4v) is 1.87. The zero-order valence-electron chi connectivity index (χ0n) is 8.65. The Morgan fingerprint density at radius 1 is 1.57 bits per heavy atom. The molecule has 0 bridgehead atoms. The predicted molar refractivity (Wildman–Crippen MR) is 52.9 cm³/mol. The Kier molecular flexibility index (Phi) is 3.14. The molecule has 2 rings (SSSR count). The number of aryl methyl sites for hydroxylation is 1. The van der Waals surface area contributed by atoms with E-state index in [1.807, 2.05) is 0 Å². The van der Waals surface area contributed by atoms with Gasteiger partial charge in [-0.2, -0.15) is 0 Å². The van der Waals surface area contributed by atoms with Crippen molar-refractivity contribution in [3.05, 3.63) is 12.2 Å². The largest absolute Gasteiger partial charge is 0.370 e. The highest BCUT2D eigenvalue weighted by Gasteiger charge is 2.20. The number of aromatic nitrogens is 3. The summed E-state index contributed by atoms with van der Waals surface area (Å²) < 4.78 is 7.79. The van der Waals surface area contributed by atoms with Crippen LogP contribution < -0.4 is 0 Å². The molecule has 14 heavy (non-hydrogen) atoms. The Hall–Kier alpha value is -0.900. The van der Waals surface area contributed by atoms with Crippen LogP contribution in [0.5, 0.6) is 0 Å². The Labute approximate surface area is 84.3 Å². The Morgan fingerprint density at radius 2 is 2.50 bits per heavy atom. The molecular weight excluding hydrogens is 178 g/mol. The number of rotatable bonds is 3. The summed E-state index contributed by atoms with van der Waals surface area (Å²) in [6.45, 7) is 4.01. The first-order valence-electron chi connectivity index (χ1n) is 5.41. The van der Waals surface area contributed by atoms with E-state index in [0.717, 1.165) is 31.8 Å². The molecule has 1 aromatic heterocycles. The van der Waals surface area contributed by atoms with Crippen LogP contribution in [-0.2, 0) is 11.3 Å². The summed E-state index contributed by atoms with van der Waals surface area (Å²) in [6, 6.07) is 0. The van der Waals surface area contributed by atoms with Crippen molar-refractivity contribution in [2.45, 2.75) is 45.3 Å². The fraction of sp³-hybridized carbons (Fsp3) is 0.800. The number of ether oxygens (including phenoxy) is 1. The first kappa shape index (κ1) is 9.65. The van der Waals surface area contributed by atoms with Crippen LogP contribution in [0.2, 0.25) is 0 Å². The van der Waals surface area contributed by atoms with E-state index in [2.05, 4.69) is 21.7 Å². The van der Waals surface area contributed by atoms with E-state index in [1.54, 1.807) is 6.33 Å². The monoisotopic (exact) mass is 195 g/mol. The molecule has 1 unspecified atom stereocenters. The van der Waals surface area contributed by atoms with Crippen molar-refractivity contribution in [1.82, 2.24) is 14.8 Å². The smallest absolute Gasteiger partial charge is 0.162 e. The molecule has 2 heterocycles. The molecule has 0 amide bonds. The molecule has 0 saturated carbocycles. The van der Waals surface area contributed by atoms with Crippen LogP contribution in [0.25, 0.3) is 0 Å². The van der Waals surface area contributed by atoms with Gasteiger partial charge in [0.25, 0.3) is 0 Å². The first-order valence-corrected chi connectivity index (χ1v) is 5.41. The zero-order valence-corrected chi connectivity index (χ0v) is 8.65. The maximum atomic E-state index is 5.69. The van der Waals surface area contributed by atoms with E-state index in [4.69, 9.17) is 4.74 Å². The Morgan fingerprint density at radius 3 is 3.21 bits per heavy atom. The van der Waals surface area contributed by atoms with Crippen LogP contribution in [0.1, 0.15) is 44.5 Å². The molecule has 0 radical (unpaired) electrons. The Bertz CT molecular complexity index is 279. The average molecular weight is 195 g/mol. The third-order valence-corrected chi connectivity index (χ3v) is 2.58. The molecule has 4 nitrogen and oxygen atoms in total. The van der Waals surface area contributed by atoms with Gasteiger partial charge in [-0.15, -0.1) is 10.2 Å². The van der Waals surface area contributed by atoms with Crippen molar-refractivity contribution in [3.8, 4) is 0 Å². The second-order valence-corrected chi connectivity index (χ2v) is 3.74. The maximum absolute atomic E-state index is 5.69. The van der Waals surface area contributed by atoms with Crippen LogP contribution in [0.15, 0.2) is 6.33 Å². The minimum Gasteiger partial charge on any atom is -0.370 e. The highest BCUT2D eigenvalue weighted by molar-refractivity contribution is 4.92. The van der Waals surface area contributed by atoms with E-state index in [-0.39, 0.29) is 6.10 Å². The lowest BCUT2D eigenvalue weighted by Crippen LogP contribution is -2.16. The fourth-order valence-electron chi connectivity index (χ4n) is 1.87. The summed E-state index contributed by atoms with van der Waals surface area (Å²) in [5, 5.41) is 8.10. The van der Waals surface area contributed by atoms with Crippen molar-refractivity contribution >= 4 is 0 Å². The van der Waals surface area contributed by atoms with Crippen LogP contribution in [0.3, 0.4) is 0 Å². The topological polar surface area (TPSA) is 39.9 Å². The molecule has 1 fully saturated rings. The molecule has 1 aliphatic rings. The van der Waals surface area contributed by atoms with Gasteiger partial charge in [0.15, 0.2) is 5.82 Å². The maximum Gasteiger partial charge on any atom is 0.162 e. The third-order valence-electron chi connectivity index (χ3n) is 2.58. The number of hydrogen-bond acceptors (Lipinski definition) is 3. The van der Waals surface area contributed by atoms with E-state index < -0.39 is 0 Å². The molecule has 0 aliphatic carbocycles. The minimum atomic E-state index is 0.179. The minimum absolute atomic E-state index is 0.179. The first-order chi connectivity index (χ1) is 6.92. The summed E-state index contributed by atoms with van der Waals surface area (Å²) in [5.74, 6) is 1.01. The van der Waals surface area contributed by atoms with Crippen molar-refractivity contribution < 1.29 is 4.74 Å².